The number of aromatic amines is 2. The molecule has 9 aromatic rings. The molecule has 0 radical (unpaired) electrons. The Hall–Kier alpha value is -8.64. The zero-order chi connectivity index (χ0) is 76.6. The summed E-state index contributed by atoms with van der Waals surface area (Å²) in [4.78, 5) is 42.7. The summed E-state index contributed by atoms with van der Waals surface area (Å²) < 4.78 is 27.9. The highest BCUT2D eigenvalue weighted by atomic mass is 16.5. The highest BCUT2D eigenvalue weighted by Gasteiger charge is 2.32. The highest BCUT2D eigenvalue weighted by Crippen LogP contribution is 2.45. The van der Waals surface area contributed by atoms with E-state index in [1.807, 2.05) is 0 Å². The van der Waals surface area contributed by atoms with Gasteiger partial charge >= 0.3 is 0 Å². The lowest BCUT2D eigenvalue weighted by molar-refractivity contribution is 0.259. The number of unbranched alkanes of at least 4 members (excludes halogenated alkanes) is 20. The van der Waals surface area contributed by atoms with Crippen LogP contribution in [-0.2, 0) is 21.7 Å². The molecule has 0 atom stereocenters. The number of H-pyrrole nitrogens is 2. The first-order valence-corrected chi connectivity index (χ1v) is 41.6. The summed E-state index contributed by atoms with van der Waals surface area (Å²) in [7, 11) is 0. The van der Waals surface area contributed by atoms with Crippen LogP contribution >= 0.6 is 0 Å². The van der Waals surface area contributed by atoms with Gasteiger partial charge in [0.2, 0.25) is 0 Å². The van der Waals surface area contributed by atoms with E-state index in [1.165, 1.54) is 125 Å². The summed E-state index contributed by atoms with van der Waals surface area (Å²) in [5, 5.41) is 3.23. The Balaban J connectivity index is 1.28. The molecule has 8 bridgehead atoms. The lowest BCUT2D eigenvalue weighted by Crippen LogP contribution is -2.11. The molecule has 574 valence electrons. The predicted octanol–water partition coefficient (Wildman–Crippen LogP) is 26.4. The fraction of sp³-hybridized carbons (Fsp3) is 0.500. The van der Waals surface area contributed by atoms with E-state index in [0.717, 1.165) is 117 Å². The molecule has 0 unspecified atom stereocenters. The van der Waals surface area contributed by atoms with E-state index >= 15 is 0 Å². The predicted molar refractivity (Wildman–Crippen MR) is 453 cm³/mol. The average molecular weight is 1460 g/mol. The van der Waals surface area contributed by atoms with Crippen molar-refractivity contribution in [1.29, 1.82) is 0 Å². The Labute approximate surface area is 646 Å². The van der Waals surface area contributed by atoms with Gasteiger partial charge < -0.3 is 28.9 Å². The van der Waals surface area contributed by atoms with Crippen LogP contribution < -0.4 is 18.9 Å². The van der Waals surface area contributed by atoms with Crippen LogP contribution in [0.5, 0.6) is 23.0 Å². The molecular formula is C96H126N8O4. The number of rotatable bonds is 36. The van der Waals surface area contributed by atoms with Crippen LogP contribution in [0, 0.1) is 0 Å². The van der Waals surface area contributed by atoms with Gasteiger partial charge in [-0.3, -0.25) is 0 Å². The van der Waals surface area contributed by atoms with Gasteiger partial charge in [-0.1, -0.05) is 336 Å². The molecule has 0 spiro atoms. The molecule has 0 fully saturated rings. The zero-order valence-corrected chi connectivity index (χ0v) is 68.7. The summed E-state index contributed by atoms with van der Waals surface area (Å²) in [6.45, 7) is 38.4. The highest BCUT2D eigenvalue weighted by molar-refractivity contribution is 6.11. The summed E-state index contributed by atoms with van der Waals surface area (Å²) in [5.41, 5.74) is 14.0. The van der Waals surface area contributed by atoms with E-state index in [1.54, 1.807) is 0 Å². The smallest absolute Gasteiger partial charge is 0.165 e. The second-order valence-electron chi connectivity index (χ2n) is 34.6. The summed E-state index contributed by atoms with van der Waals surface area (Å²) >= 11 is 0. The number of ether oxygens (including phenoxy) is 4. The standard InChI is InChI=1S/C96H126N8O4/c1-17-21-25-29-33-37-57-105-77-61-73-74(62-78(77)106-58-38-34-30-26-22-18-2)86-97-85(73)99-89-81(65-41-49-69(50-42-65)93(5,6)7)82(66-43-51-70(52-44-66)94(8,9)10)91(103-89)101-87-75-63-79(107-59-39-35-31-27-23-19-3)80(108-60-40-36-32-28-24-20-4)64-76(75)88(98-87)102-92-84(68-47-55-72(56-48-68)96(14,15)16)83(90(100-86)104-92)67-45-53-71(54-46-67)95(11,12)13/h41-56,61-64H,17-40,57-60H2,1-16H3,(H2,97,98,99,100,101,102,103,104). The quantitative estimate of drug-likeness (QED) is 0.0364. The lowest BCUT2D eigenvalue weighted by Gasteiger charge is -2.20. The number of fused-ring (bicyclic) bond motifs is 14. The summed E-state index contributed by atoms with van der Waals surface area (Å²) in [6.07, 6.45) is 27.5. The molecule has 0 saturated carbocycles. The van der Waals surface area contributed by atoms with Crippen molar-refractivity contribution in [2.45, 2.75) is 287 Å². The Morgan fingerprint density at radius 1 is 0.241 bits per heavy atom. The molecule has 0 amide bonds. The molecule has 12 nitrogen and oxygen atoms in total. The average Bonchev–Trinajstić information content (AvgIpc) is 1.58. The van der Waals surface area contributed by atoms with Gasteiger partial charge in [-0.2, -0.15) is 0 Å². The second kappa shape index (κ2) is 36.7. The van der Waals surface area contributed by atoms with Gasteiger partial charge in [0.05, 0.1) is 26.4 Å². The Kier molecular flexibility index (Phi) is 27.3. The van der Waals surface area contributed by atoms with Crippen LogP contribution in [-0.4, -0.2) is 66.3 Å². The van der Waals surface area contributed by atoms with Crippen LogP contribution in [0.1, 0.15) is 333 Å². The topological polar surface area (TPSA) is 146 Å². The Morgan fingerprint density at radius 2 is 0.426 bits per heavy atom. The lowest BCUT2D eigenvalue weighted by atomic mass is 9.84. The first-order valence-electron chi connectivity index (χ1n) is 41.6. The molecule has 11 rings (SSSR count). The molecule has 2 aliphatic rings. The molecule has 0 aliphatic carbocycles. The zero-order valence-electron chi connectivity index (χ0n) is 68.7. The largest absolute Gasteiger partial charge is 0.490 e. The summed E-state index contributed by atoms with van der Waals surface area (Å²) in [6, 6.07) is 44.3. The van der Waals surface area contributed by atoms with Gasteiger partial charge in [0.1, 0.15) is 22.6 Å². The third-order valence-electron chi connectivity index (χ3n) is 21.5. The van der Waals surface area contributed by atoms with Crippen molar-refractivity contribution in [1.82, 2.24) is 39.9 Å². The third kappa shape index (κ3) is 20.2. The Bertz CT molecular complexity index is 4110. The number of hydrogen-bond acceptors (Lipinski definition) is 10. The van der Waals surface area contributed by atoms with Crippen molar-refractivity contribution >= 4 is 66.4 Å². The molecular weight excluding hydrogens is 1330 g/mol. The van der Waals surface area contributed by atoms with Crippen LogP contribution in [0.25, 0.3) is 66.4 Å². The minimum Gasteiger partial charge on any atom is -0.490 e. The van der Waals surface area contributed by atoms with Crippen LogP contribution in [0.2, 0.25) is 0 Å². The van der Waals surface area contributed by atoms with E-state index < -0.39 is 0 Å². The molecule has 108 heavy (non-hydrogen) atoms. The van der Waals surface area contributed by atoms with E-state index in [2.05, 4.69) is 242 Å². The molecule has 12 heteroatoms. The number of nitrogens with zero attached hydrogens (tertiary/aromatic N) is 6. The van der Waals surface area contributed by atoms with E-state index in [0.29, 0.717) is 95.3 Å². The number of aromatic nitrogens is 8. The molecule has 0 saturated heterocycles. The van der Waals surface area contributed by atoms with Gasteiger partial charge in [-0.15, -0.1) is 0 Å². The van der Waals surface area contributed by atoms with Crippen molar-refractivity contribution in [3.63, 3.8) is 0 Å². The number of nitrogens with one attached hydrogen (secondary N) is 2. The monoisotopic (exact) mass is 1450 g/mol. The molecule has 5 heterocycles. The SMILES string of the molecule is CCCCCCCCOc1cc2c3nc4nc(nc5[nH]c(nc6nc(nc([nH]3)c2cc1OCCCCCCCC)C(c1ccc(C(C)(C)C)cc1)=C6c1ccc(C(C)(C)C)cc1)c1cc(OCCCCCCCC)c(OCCCCCCCC)cc51)C(c1ccc(C(C)(C)C)cc1)=C4c1ccc(C(C)(C)C)cc1. The van der Waals surface area contributed by atoms with Gasteiger partial charge in [0, 0.05) is 43.8 Å². The van der Waals surface area contributed by atoms with Crippen LogP contribution in [0.3, 0.4) is 0 Å². The minimum atomic E-state index is -0.0979. The first kappa shape index (κ1) is 80.4. The van der Waals surface area contributed by atoms with Crippen molar-refractivity contribution in [3.8, 4) is 23.0 Å². The van der Waals surface area contributed by atoms with Gasteiger partial charge in [-0.05, 0) is 116 Å². The van der Waals surface area contributed by atoms with E-state index in [4.69, 9.17) is 48.9 Å². The molecule has 2 aliphatic heterocycles. The second-order valence-corrected chi connectivity index (χ2v) is 34.6. The van der Waals surface area contributed by atoms with Crippen LogP contribution in [0.4, 0.5) is 0 Å². The molecule has 3 aromatic heterocycles. The maximum absolute atomic E-state index is 6.97. The van der Waals surface area contributed by atoms with Gasteiger partial charge in [-0.25, -0.2) is 29.9 Å². The summed E-state index contributed by atoms with van der Waals surface area (Å²) in [5.74, 6) is 4.68. The minimum absolute atomic E-state index is 0.0979. The van der Waals surface area contributed by atoms with Gasteiger partial charge in [0.15, 0.2) is 46.3 Å². The molecule has 2 N–H and O–H groups in total. The van der Waals surface area contributed by atoms with Crippen LogP contribution in [0.15, 0.2) is 121 Å². The van der Waals surface area contributed by atoms with E-state index in [9.17, 15) is 0 Å². The number of hydrogen-bond donors (Lipinski definition) is 2. The maximum Gasteiger partial charge on any atom is 0.165 e. The van der Waals surface area contributed by atoms with E-state index in [-0.39, 0.29) is 21.7 Å². The molecule has 6 aromatic carbocycles. The first-order chi connectivity index (χ1) is 51.9. The van der Waals surface area contributed by atoms with Crippen molar-refractivity contribution in [2.24, 2.45) is 0 Å². The maximum atomic E-state index is 6.97. The Morgan fingerprint density at radius 3 is 0.611 bits per heavy atom. The van der Waals surface area contributed by atoms with Crippen molar-refractivity contribution in [2.75, 3.05) is 26.4 Å². The fourth-order valence-corrected chi connectivity index (χ4v) is 14.7. The fourth-order valence-electron chi connectivity index (χ4n) is 14.7. The third-order valence-corrected chi connectivity index (χ3v) is 21.5. The van der Waals surface area contributed by atoms with Crippen molar-refractivity contribution in [3.05, 3.63) is 189 Å². The van der Waals surface area contributed by atoms with Gasteiger partial charge in [0.25, 0.3) is 0 Å². The van der Waals surface area contributed by atoms with Crippen molar-refractivity contribution < 1.29 is 18.9 Å². The normalized spacial score (nSPS) is 13.0. The number of benzene rings is 6.